The minimum Gasteiger partial charge on any atom is -0.389 e. The van der Waals surface area contributed by atoms with Crippen LogP contribution in [0.15, 0.2) is 6.07 Å². The van der Waals surface area contributed by atoms with E-state index in [1.807, 2.05) is 0 Å². The number of nitrogen functional groups attached to an aromatic ring is 1. The lowest BCUT2D eigenvalue weighted by atomic mass is 10.4. The molecular weight excluding hydrogens is 194 g/mol. The fourth-order valence-corrected chi connectivity index (χ4v) is 1.47. The van der Waals surface area contributed by atoms with E-state index in [1.54, 1.807) is 0 Å². The van der Waals surface area contributed by atoms with Crippen LogP contribution in [0.1, 0.15) is 6.92 Å². The molecule has 0 radical (unpaired) electrons. The molecule has 0 atom stereocenters. The van der Waals surface area contributed by atoms with Crippen LogP contribution in [0.3, 0.4) is 0 Å². The van der Waals surface area contributed by atoms with Gasteiger partial charge in [-0.05, 0) is 11.3 Å². The second-order valence-electron chi connectivity index (χ2n) is 2.30. The Morgan fingerprint density at radius 1 is 1.77 bits per heavy atom. The molecule has 0 saturated heterocycles. The molecule has 1 rings (SSSR count). The lowest BCUT2D eigenvalue weighted by molar-refractivity contribution is -0.380. The maximum absolute atomic E-state index is 10.6. The molecule has 3 N–H and O–H groups in total. The van der Waals surface area contributed by atoms with Crippen LogP contribution in [0.4, 0.5) is 15.7 Å². The van der Waals surface area contributed by atoms with E-state index >= 15 is 0 Å². The number of nitrogens with zero attached hydrogens (tertiary/aromatic N) is 1. The van der Waals surface area contributed by atoms with Gasteiger partial charge < -0.3 is 11.1 Å². The maximum atomic E-state index is 10.6. The Morgan fingerprint density at radius 3 is 2.77 bits per heavy atom. The number of anilines is 2. The van der Waals surface area contributed by atoms with E-state index < -0.39 is 4.92 Å². The Kier molecular flexibility index (Phi) is 2.47. The van der Waals surface area contributed by atoms with Crippen molar-refractivity contribution in [2.75, 3.05) is 11.1 Å². The summed E-state index contributed by atoms with van der Waals surface area (Å²) in [6, 6.07) is 1.24. The van der Waals surface area contributed by atoms with Gasteiger partial charge in [0, 0.05) is 6.92 Å². The molecule has 13 heavy (non-hydrogen) atoms. The van der Waals surface area contributed by atoms with Crippen LogP contribution in [-0.4, -0.2) is 10.8 Å². The normalized spacial score (nSPS) is 9.62. The molecule has 1 amide bonds. The molecule has 0 aliphatic rings. The van der Waals surface area contributed by atoms with E-state index in [9.17, 15) is 14.9 Å². The number of amides is 1. The number of nitrogens with one attached hydrogen (secondary N) is 1. The standard InChI is InChI=1S/C6H7N3O3S/c1-3(10)8-4-2-5(9(11)12)13-6(4)7/h2H,7H2,1H3,(H,8,10). The van der Waals surface area contributed by atoms with Gasteiger partial charge in [-0.2, -0.15) is 0 Å². The van der Waals surface area contributed by atoms with Crippen LogP contribution in [-0.2, 0) is 4.79 Å². The zero-order chi connectivity index (χ0) is 10.0. The van der Waals surface area contributed by atoms with Crippen LogP contribution >= 0.6 is 11.3 Å². The third kappa shape index (κ3) is 2.15. The van der Waals surface area contributed by atoms with Crippen molar-refractivity contribution in [3.05, 3.63) is 16.2 Å². The monoisotopic (exact) mass is 201 g/mol. The largest absolute Gasteiger partial charge is 0.389 e. The SMILES string of the molecule is CC(=O)Nc1cc([N+](=O)[O-])sc1N. The van der Waals surface area contributed by atoms with Crippen molar-refractivity contribution in [3.63, 3.8) is 0 Å². The first-order chi connectivity index (χ1) is 6.00. The molecule has 6 nitrogen and oxygen atoms in total. The maximum Gasteiger partial charge on any atom is 0.328 e. The summed E-state index contributed by atoms with van der Waals surface area (Å²) in [7, 11) is 0. The van der Waals surface area contributed by atoms with Crippen LogP contribution in [0.2, 0.25) is 0 Å². The molecule has 0 saturated carbocycles. The molecule has 1 heterocycles. The topological polar surface area (TPSA) is 98.3 Å². The van der Waals surface area contributed by atoms with Gasteiger partial charge in [-0.15, -0.1) is 0 Å². The Hall–Kier alpha value is -1.63. The molecule has 0 bridgehead atoms. The number of thiophene rings is 1. The Balaban J connectivity index is 2.96. The van der Waals surface area contributed by atoms with Crippen molar-refractivity contribution in [1.29, 1.82) is 0 Å². The number of carbonyl (C=O) groups excluding carboxylic acids is 1. The van der Waals surface area contributed by atoms with E-state index in [1.165, 1.54) is 13.0 Å². The van der Waals surface area contributed by atoms with Crippen molar-refractivity contribution < 1.29 is 9.72 Å². The number of carbonyl (C=O) groups is 1. The molecule has 0 spiro atoms. The average Bonchev–Trinajstić information content (AvgIpc) is 2.31. The minimum absolute atomic E-state index is 0.0822. The molecule has 1 aromatic rings. The van der Waals surface area contributed by atoms with Gasteiger partial charge in [0.2, 0.25) is 5.91 Å². The summed E-state index contributed by atoms with van der Waals surface area (Å²) in [6.07, 6.45) is 0. The van der Waals surface area contributed by atoms with Gasteiger partial charge in [0.1, 0.15) is 5.00 Å². The molecular formula is C6H7N3O3S. The number of rotatable bonds is 2. The van der Waals surface area contributed by atoms with Gasteiger partial charge in [-0.3, -0.25) is 14.9 Å². The van der Waals surface area contributed by atoms with Crippen molar-refractivity contribution in [2.45, 2.75) is 6.92 Å². The highest BCUT2D eigenvalue weighted by molar-refractivity contribution is 7.19. The zero-order valence-corrected chi connectivity index (χ0v) is 7.55. The van der Waals surface area contributed by atoms with E-state index in [0.717, 1.165) is 11.3 Å². The predicted molar refractivity (Wildman–Crippen MR) is 49.7 cm³/mol. The molecule has 1 aromatic heterocycles. The number of hydrogen-bond acceptors (Lipinski definition) is 5. The number of nitro groups is 1. The van der Waals surface area contributed by atoms with E-state index in [0.29, 0.717) is 5.69 Å². The first-order valence-electron chi connectivity index (χ1n) is 3.32. The zero-order valence-electron chi connectivity index (χ0n) is 6.73. The molecule has 0 unspecified atom stereocenters. The molecule has 70 valence electrons. The van der Waals surface area contributed by atoms with Gasteiger partial charge in [-0.1, -0.05) is 0 Å². The van der Waals surface area contributed by atoms with Crippen LogP contribution < -0.4 is 11.1 Å². The summed E-state index contributed by atoms with van der Waals surface area (Å²) >= 11 is 0.828. The lowest BCUT2D eigenvalue weighted by Crippen LogP contribution is -2.06. The minimum atomic E-state index is -0.549. The van der Waals surface area contributed by atoms with E-state index in [-0.39, 0.29) is 15.9 Å². The highest BCUT2D eigenvalue weighted by atomic mass is 32.1. The van der Waals surface area contributed by atoms with Gasteiger partial charge in [0.15, 0.2) is 0 Å². The molecule has 7 heteroatoms. The smallest absolute Gasteiger partial charge is 0.328 e. The Morgan fingerprint density at radius 2 is 2.38 bits per heavy atom. The third-order valence-electron chi connectivity index (χ3n) is 1.24. The van der Waals surface area contributed by atoms with Crippen molar-refractivity contribution >= 4 is 32.9 Å². The van der Waals surface area contributed by atoms with Crippen molar-refractivity contribution in [3.8, 4) is 0 Å². The Bertz CT molecular complexity index is 360. The average molecular weight is 201 g/mol. The fraction of sp³-hybridized carbons (Fsp3) is 0.167. The van der Waals surface area contributed by atoms with Crippen LogP contribution in [0, 0.1) is 10.1 Å². The van der Waals surface area contributed by atoms with Gasteiger partial charge in [0.25, 0.3) is 0 Å². The Labute approximate surface area is 77.5 Å². The first kappa shape index (κ1) is 9.46. The molecule has 0 fully saturated rings. The van der Waals surface area contributed by atoms with Crippen molar-refractivity contribution in [2.24, 2.45) is 0 Å². The highest BCUT2D eigenvalue weighted by Crippen LogP contribution is 2.34. The summed E-state index contributed by atoms with van der Waals surface area (Å²) in [6.45, 7) is 1.31. The van der Waals surface area contributed by atoms with Crippen LogP contribution in [0.25, 0.3) is 0 Å². The van der Waals surface area contributed by atoms with Crippen molar-refractivity contribution in [1.82, 2.24) is 0 Å². The summed E-state index contributed by atoms with van der Waals surface area (Å²) < 4.78 is 0. The summed E-state index contributed by atoms with van der Waals surface area (Å²) in [4.78, 5) is 20.4. The summed E-state index contributed by atoms with van der Waals surface area (Å²) in [5, 5.41) is 12.8. The van der Waals surface area contributed by atoms with Crippen LogP contribution in [0.5, 0.6) is 0 Å². The third-order valence-corrected chi connectivity index (χ3v) is 2.15. The number of nitrogens with two attached hydrogens (primary N) is 1. The van der Waals surface area contributed by atoms with Gasteiger partial charge in [-0.25, -0.2) is 0 Å². The summed E-state index contributed by atoms with van der Waals surface area (Å²) in [5.74, 6) is -0.306. The second kappa shape index (κ2) is 3.40. The predicted octanol–water partition coefficient (Wildman–Crippen LogP) is 1.20. The van der Waals surface area contributed by atoms with Gasteiger partial charge in [0.05, 0.1) is 16.7 Å². The molecule has 0 aliphatic heterocycles. The highest BCUT2D eigenvalue weighted by Gasteiger charge is 2.14. The quantitative estimate of drug-likeness (QED) is 0.554. The summed E-state index contributed by atoms with van der Waals surface area (Å²) in [5.41, 5.74) is 5.72. The van der Waals surface area contributed by atoms with E-state index in [4.69, 9.17) is 5.73 Å². The molecule has 0 aromatic carbocycles. The second-order valence-corrected chi connectivity index (χ2v) is 3.36. The fourth-order valence-electron chi connectivity index (χ4n) is 0.769. The van der Waals surface area contributed by atoms with E-state index in [2.05, 4.69) is 5.32 Å². The first-order valence-corrected chi connectivity index (χ1v) is 4.13. The number of hydrogen-bond donors (Lipinski definition) is 2. The molecule has 0 aliphatic carbocycles. The van der Waals surface area contributed by atoms with Gasteiger partial charge >= 0.3 is 5.00 Å². The lowest BCUT2D eigenvalue weighted by Gasteiger charge is -1.96.